The van der Waals surface area contributed by atoms with Crippen LogP contribution in [0.3, 0.4) is 0 Å². The second-order valence-electron chi connectivity index (χ2n) is 5.38. The molecule has 19 heavy (non-hydrogen) atoms. The van der Waals surface area contributed by atoms with Crippen LogP contribution in [0.5, 0.6) is 0 Å². The number of likely N-dealkylation sites (N-methyl/N-ethyl adjacent to an activating group) is 1. The normalized spacial score (nSPS) is 21.9. The predicted molar refractivity (Wildman–Crippen MR) is 79.5 cm³/mol. The average molecular weight is 262 g/mol. The van der Waals surface area contributed by atoms with Crippen LogP contribution in [0.15, 0.2) is 24.3 Å². The fourth-order valence-electron chi connectivity index (χ4n) is 2.93. The molecule has 2 atom stereocenters. The van der Waals surface area contributed by atoms with E-state index in [0.717, 1.165) is 26.1 Å². The van der Waals surface area contributed by atoms with Crippen molar-refractivity contribution in [2.75, 3.05) is 33.9 Å². The van der Waals surface area contributed by atoms with Crippen LogP contribution in [0.25, 0.3) is 0 Å². The third kappa shape index (κ3) is 3.35. The third-order valence-electron chi connectivity index (χ3n) is 4.03. The second-order valence-corrected chi connectivity index (χ2v) is 5.38. The number of fused-ring (bicyclic) bond motifs is 1. The first kappa shape index (κ1) is 14.5. The molecule has 0 aromatic heterocycles. The minimum Gasteiger partial charge on any atom is -0.383 e. The van der Waals surface area contributed by atoms with Crippen molar-refractivity contribution in [1.82, 2.24) is 10.2 Å². The van der Waals surface area contributed by atoms with Gasteiger partial charge in [0, 0.05) is 25.7 Å². The average Bonchev–Trinajstić information content (AvgIpc) is 2.81. The number of nitrogens with zero attached hydrogens (tertiary/aromatic N) is 1. The quantitative estimate of drug-likeness (QED) is 0.815. The molecule has 0 aliphatic heterocycles. The van der Waals surface area contributed by atoms with E-state index >= 15 is 0 Å². The van der Waals surface area contributed by atoms with E-state index in [2.05, 4.69) is 48.5 Å². The number of rotatable bonds is 7. The molecule has 0 spiro atoms. The van der Waals surface area contributed by atoms with Gasteiger partial charge in [0.05, 0.1) is 6.61 Å². The fraction of sp³-hybridized carbons (Fsp3) is 0.625. The monoisotopic (exact) mass is 262 g/mol. The lowest BCUT2D eigenvalue weighted by molar-refractivity contribution is 0.127. The molecule has 0 saturated carbocycles. The smallest absolute Gasteiger partial charge is 0.0589 e. The summed E-state index contributed by atoms with van der Waals surface area (Å²) >= 11 is 0. The Hall–Kier alpha value is -0.900. The summed E-state index contributed by atoms with van der Waals surface area (Å²) in [6.45, 7) is 5.08. The zero-order chi connectivity index (χ0) is 13.7. The molecule has 0 heterocycles. The molecule has 3 nitrogen and oxygen atoms in total. The van der Waals surface area contributed by atoms with E-state index < -0.39 is 0 Å². The summed E-state index contributed by atoms with van der Waals surface area (Å²) in [5, 5.41) is 3.71. The lowest BCUT2D eigenvalue weighted by Gasteiger charge is -2.30. The van der Waals surface area contributed by atoms with Crippen LogP contribution < -0.4 is 5.32 Å². The summed E-state index contributed by atoms with van der Waals surface area (Å²) in [5.74, 6) is 0. The largest absolute Gasteiger partial charge is 0.383 e. The Morgan fingerprint density at radius 3 is 2.89 bits per heavy atom. The van der Waals surface area contributed by atoms with E-state index in [9.17, 15) is 0 Å². The first-order valence-corrected chi connectivity index (χ1v) is 7.28. The van der Waals surface area contributed by atoms with Gasteiger partial charge in [0.1, 0.15) is 0 Å². The van der Waals surface area contributed by atoms with Crippen molar-refractivity contribution in [1.29, 1.82) is 0 Å². The van der Waals surface area contributed by atoms with E-state index in [1.165, 1.54) is 17.5 Å². The molecule has 0 saturated heterocycles. The van der Waals surface area contributed by atoms with Crippen LogP contribution in [0.2, 0.25) is 0 Å². The van der Waals surface area contributed by atoms with Gasteiger partial charge in [-0.3, -0.25) is 4.90 Å². The van der Waals surface area contributed by atoms with Gasteiger partial charge in [-0.1, -0.05) is 31.2 Å². The Kier molecular flexibility index (Phi) is 5.37. The van der Waals surface area contributed by atoms with Crippen LogP contribution >= 0.6 is 0 Å². The maximum Gasteiger partial charge on any atom is 0.0589 e. The molecule has 2 rings (SSSR count). The number of methoxy groups -OCH3 is 1. The summed E-state index contributed by atoms with van der Waals surface area (Å²) in [6, 6.07) is 9.83. The van der Waals surface area contributed by atoms with Crippen molar-refractivity contribution in [2.45, 2.75) is 31.8 Å². The molecule has 0 fully saturated rings. The SMILES string of the molecule is CCCNC1c2ccccc2CC1N(C)CCOC. The maximum atomic E-state index is 5.20. The molecule has 0 amide bonds. The number of hydrogen-bond acceptors (Lipinski definition) is 3. The first-order chi connectivity index (χ1) is 9.27. The highest BCUT2D eigenvalue weighted by Gasteiger charge is 2.33. The van der Waals surface area contributed by atoms with E-state index in [-0.39, 0.29) is 0 Å². The molecule has 2 unspecified atom stereocenters. The van der Waals surface area contributed by atoms with E-state index in [1.54, 1.807) is 7.11 Å². The standard InChI is InChI=1S/C16H26N2O/c1-4-9-17-16-14-8-6-5-7-13(14)12-15(16)18(2)10-11-19-3/h5-8,15-17H,4,9-12H2,1-3H3. The summed E-state index contributed by atoms with van der Waals surface area (Å²) in [5.41, 5.74) is 2.97. The Morgan fingerprint density at radius 1 is 1.37 bits per heavy atom. The lowest BCUT2D eigenvalue weighted by Crippen LogP contribution is -2.42. The molecule has 1 aliphatic rings. The van der Waals surface area contributed by atoms with Crippen molar-refractivity contribution in [3.05, 3.63) is 35.4 Å². The Labute approximate surface area is 116 Å². The highest BCUT2D eigenvalue weighted by atomic mass is 16.5. The van der Waals surface area contributed by atoms with E-state index in [4.69, 9.17) is 4.74 Å². The lowest BCUT2D eigenvalue weighted by atomic mass is 10.1. The summed E-state index contributed by atoms with van der Waals surface area (Å²) in [7, 11) is 3.97. The molecular formula is C16H26N2O. The molecule has 3 heteroatoms. The third-order valence-corrected chi connectivity index (χ3v) is 4.03. The van der Waals surface area contributed by atoms with Crippen LogP contribution in [0.1, 0.15) is 30.5 Å². The van der Waals surface area contributed by atoms with Gasteiger partial charge in [-0.2, -0.15) is 0 Å². The molecule has 1 aromatic rings. The first-order valence-electron chi connectivity index (χ1n) is 7.28. The molecule has 0 bridgehead atoms. The number of hydrogen-bond donors (Lipinski definition) is 1. The summed E-state index contributed by atoms with van der Waals surface area (Å²) < 4.78 is 5.20. The van der Waals surface area contributed by atoms with Gasteiger partial charge in [0.2, 0.25) is 0 Å². The van der Waals surface area contributed by atoms with E-state index in [1.807, 2.05) is 0 Å². The van der Waals surface area contributed by atoms with Crippen LogP contribution in [0, 0.1) is 0 Å². The number of nitrogens with one attached hydrogen (secondary N) is 1. The van der Waals surface area contributed by atoms with Crippen LogP contribution in [-0.2, 0) is 11.2 Å². The maximum absolute atomic E-state index is 5.20. The molecule has 1 aromatic carbocycles. The fourth-order valence-corrected chi connectivity index (χ4v) is 2.93. The van der Waals surface area contributed by atoms with Crippen molar-refractivity contribution in [3.63, 3.8) is 0 Å². The van der Waals surface area contributed by atoms with Crippen molar-refractivity contribution in [3.8, 4) is 0 Å². The van der Waals surface area contributed by atoms with Gasteiger partial charge in [0.25, 0.3) is 0 Å². The van der Waals surface area contributed by atoms with Gasteiger partial charge in [-0.05, 0) is 37.6 Å². The number of benzene rings is 1. The Morgan fingerprint density at radius 2 is 2.16 bits per heavy atom. The second kappa shape index (κ2) is 7.04. The molecule has 106 valence electrons. The Balaban J connectivity index is 2.10. The van der Waals surface area contributed by atoms with Gasteiger partial charge in [-0.25, -0.2) is 0 Å². The van der Waals surface area contributed by atoms with Crippen LogP contribution in [0.4, 0.5) is 0 Å². The summed E-state index contributed by atoms with van der Waals surface area (Å²) in [6.07, 6.45) is 2.31. The molecule has 1 aliphatic carbocycles. The van der Waals surface area contributed by atoms with Gasteiger partial charge in [-0.15, -0.1) is 0 Å². The minimum absolute atomic E-state index is 0.456. The topological polar surface area (TPSA) is 24.5 Å². The highest BCUT2D eigenvalue weighted by molar-refractivity contribution is 5.37. The Bertz CT molecular complexity index is 394. The molecule has 0 radical (unpaired) electrons. The minimum atomic E-state index is 0.456. The molecular weight excluding hydrogens is 236 g/mol. The zero-order valence-electron chi connectivity index (χ0n) is 12.4. The van der Waals surface area contributed by atoms with Gasteiger partial charge < -0.3 is 10.1 Å². The molecule has 1 N–H and O–H groups in total. The van der Waals surface area contributed by atoms with Crippen molar-refractivity contribution >= 4 is 0 Å². The van der Waals surface area contributed by atoms with Crippen molar-refractivity contribution < 1.29 is 4.74 Å². The van der Waals surface area contributed by atoms with Crippen molar-refractivity contribution in [2.24, 2.45) is 0 Å². The highest BCUT2D eigenvalue weighted by Crippen LogP contribution is 2.33. The van der Waals surface area contributed by atoms with E-state index in [0.29, 0.717) is 12.1 Å². The number of ether oxygens (including phenoxy) is 1. The van der Waals surface area contributed by atoms with Gasteiger partial charge in [0.15, 0.2) is 0 Å². The zero-order valence-corrected chi connectivity index (χ0v) is 12.4. The summed E-state index contributed by atoms with van der Waals surface area (Å²) in [4.78, 5) is 2.43. The van der Waals surface area contributed by atoms with Crippen LogP contribution in [-0.4, -0.2) is 44.8 Å². The predicted octanol–water partition coefficient (Wildman–Crippen LogP) is 2.23. The van der Waals surface area contributed by atoms with Gasteiger partial charge >= 0.3 is 0 Å².